The molecule has 0 saturated heterocycles. The lowest BCUT2D eigenvalue weighted by Crippen LogP contribution is -2.45. The van der Waals surface area contributed by atoms with Crippen molar-refractivity contribution >= 4 is 29.2 Å². The normalized spacial score (nSPS) is 11.3. The van der Waals surface area contributed by atoms with Gasteiger partial charge in [-0.15, -0.1) is 0 Å². The molecule has 0 unspecified atom stereocenters. The second-order valence-electron chi connectivity index (χ2n) is 6.00. The summed E-state index contributed by atoms with van der Waals surface area (Å²) in [7, 11) is 0. The minimum atomic E-state index is -1.11. The van der Waals surface area contributed by atoms with Crippen LogP contribution in [0.25, 0.3) is 0 Å². The van der Waals surface area contributed by atoms with E-state index in [0.29, 0.717) is 5.69 Å². The largest absolute Gasteiger partial charge is 0.481 e. The molecule has 28 heavy (non-hydrogen) atoms. The predicted molar refractivity (Wildman–Crippen MR) is 101 cm³/mol. The first-order valence-corrected chi connectivity index (χ1v) is 8.45. The summed E-state index contributed by atoms with van der Waals surface area (Å²) in [5.41, 5.74) is 1.04. The molecule has 3 N–H and O–H groups in total. The van der Waals surface area contributed by atoms with Gasteiger partial charge in [-0.3, -0.25) is 24.5 Å². The van der Waals surface area contributed by atoms with Crippen LogP contribution in [0.15, 0.2) is 54.6 Å². The summed E-state index contributed by atoms with van der Waals surface area (Å²) in [5, 5.41) is 24.5. The number of amides is 2. The lowest BCUT2D eigenvalue weighted by Gasteiger charge is -2.18. The number of hydrogen-bond donors (Lipinski definition) is 3. The van der Waals surface area contributed by atoms with Crippen LogP contribution >= 0.6 is 0 Å². The van der Waals surface area contributed by atoms with Crippen LogP contribution in [0.4, 0.5) is 11.4 Å². The van der Waals surface area contributed by atoms with Crippen molar-refractivity contribution in [2.24, 2.45) is 0 Å². The molecule has 146 valence electrons. The van der Waals surface area contributed by atoms with Gasteiger partial charge in [0.15, 0.2) is 0 Å². The van der Waals surface area contributed by atoms with Crippen molar-refractivity contribution in [2.45, 2.75) is 25.3 Å². The van der Waals surface area contributed by atoms with Crippen molar-refractivity contribution in [2.75, 3.05) is 5.32 Å². The standard InChI is InChI=1S/C19H19N3O6/c23-17(10-11-18(24)25)21-16(12-13-4-2-1-3-5-13)19(26)20-14-6-8-15(9-7-14)22(27)28/h1-9,16H,10-12H2,(H,20,26)(H,21,23)(H,24,25)/t16-/m0/s1. The number of nitro groups is 1. The fraction of sp³-hybridized carbons (Fsp3) is 0.211. The molecule has 0 aromatic heterocycles. The predicted octanol–water partition coefficient (Wildman–Crippen LogP) is 2.13. The van der Waals surface area contributed by atoms with Crippen LogP contribution in [-0.4, -0.2) is 33.9 Å². The Hall–Kier alpha value is -3.75. The molecule has 0 fully saturated rings. The van der Waals surface area contributed by atoms with E-state index in [1.807, 2.05) is 6.07 Å². The highest BCUT2D eigenvalue weighted by atomic mass is 16.6. The molecule has 0 bridgehead atoms. The zero-order valence-corrected chi connectivity index (χ0v) is 14.8. The molecule has 2 amide bonds. The van der Waals surface area contributed by atoms with Gasteiger partial charge >= 0.3 is 5.97 Å². The number of aliphatic carboxylic acids is 1. The van der Waals surface area contributed by atoms with Crippen molar-refractivity contribution < 1.29 is 24.4 Å². The number of nitrogens with zero attached hydrogens (tertiary/aromatic N) is 1. The number of carboxylic acid groups (broad SMARTS) is 1. The number of carbonyl (C=O) groups is 3. The number of nitrogens with one attached hydrogen (secondary N) is 2. The molecule has 9 heteroatoms. The lowest BCUT2D eigenvalue weighted by molar-refractivity contribution is -0.384. The molecular weight excluding hydrogens is 366 g/mol. The van der Waals surface area contributed by atoms with Gasteiger partial charge in [-0.1, -0.05) is 30.3 Å². The number of rotatable bonds is 9. The van der Waals surface area contributed by atoms with E-state index in [2.05, 4.69) is 10.6 Å². The van der Waals surface area contributed by atoms with Gasteiger partial charge in [-0.05, 0) is 17.7 Å². The monoisotopic (exact) mass is 385 g/mol. The first-order valence-electron chi connectivity index (χ1n) is 8.45. The molecule has 9 nitrogen and oxygen atoms in total. The Morgan fingerprint density at radius 3 is 2.21 bits per heavy atom. The van der Waals surface area contributed by atoms with Crippen LogP contribution in [0.2, 0.25) is 0 Å². The van der Waals surface area contributed by atoms with Crippen LogP contribution < -0.4 is 10.6 Å². The quantitative estimate of drug-likeness (QED) is 0.446. The Balaban J connectivity index is 2.09. The molecule has 2 aromatic rings. The summed E-state index contributed by atoms with van der Waals surface area (Å²) in [5.74, 6) is -2.17. The van der Waals surface area contributed by atoms with Crippen molar-refractivity contribution in [3.63, 3.8) is 0 Å². The Morgan fingerprint density at radius 1 is 1.00 bits per heavy atom. The maximum absolute atomic E-state index is 12.6. The minimum Gasteiger partial charge on any atom is -0.481 e. The minimum absolute atomic E-state index is 0.110. The van der Waals surface area contributed by atoms with E-state index in [0.717, 1.165) is 5.56 Å². The summed E-state index contributed by atoms with van der Waals surface area (Å²) in [6.45, 7) is 0. The highest BCUT2D eigenvalue weighted by molar-refractivity contribution is 5.97. The van der Waals surface area contributed by atoms with E-state index in [1.165, 1.54) is 24.3 Å². The fourth-order valence-electron chi connectivity index (χ4n) is 2.44. The number of carbonyl (C=O) groups excluding carboxylic acids is 2. The molecule has 2 aromatic carbocycles. The van der Waals surface area contributed by atoms with Crippen LogP contribution in [0.1, 0.15) is 18.4 Å². The van der Waals surface area contributed by atoms with Gasteiger partial charge in [0.1, 0.15) is 6.04 Å². The number of benzene rings is 2. The smallest absolute Gasteiger partial charge is 0.303 e. The molecule has 0 spiro atoms. The fourth-order valence-corrected chi connectivity index (χ4v) is 2.44. The van der Waals surface area contributed by atoms with Gasteiger partial charge in [0.2, 0.25) is 11.8 Å². The van der Waals surface area contributed by atoms with E-state index in [1.54, 1.807) is 24.3 Å². The van der Waals surface area contributed by atoms with Gasteiger partial charge in [-0.25, -0.2) is 0 Å². The Bertz CT molecular complexity index is 852. The van der Waals surface area contributed by atoms with Crippen LogP contribution in [0.5, 0.6) is 0 Å². The van der Waals surface area contributed by atoms with Crippen molar-refractivity contribution in [3.8, 4) is 0 Å². The van der Waals surface area contributed by atoms with Crippen LogP contribution in [0, 0.1) is 10.1 Å². The van der Waals surface area contributed by atoms with Crippen LogP contribution in [-0.2, 0) is 20.8 Å². The van der Waals surface area contributed by atoms with Crippen molar-refractivity contribution in [3.05, 3.63) is 70.3 Å². The molecule has 0 aliphatic rings. The third-order valence-corrected chi connectivity index (χ3v) is 3.85. The maximum Gasteiger partial charge on any atom is 0.303 e. The number of non-ortho nitro benzene ring substituents is 1. The lowest BCUT2D eigenvalue weighted by atomic mass is 10.0. The maximum atomic E-state index is 12.6. The third kappa shape index (κ3) is 6.52. The van der Waals surface area contributed by atoms with Gasteiger partial charge in [0, 0.05) is 30.7 Å². The molecule has 0 heterocycles. The average molecular weight is 385 g/mol. The number of hydrogen-bond acceptors (Lipinski definition) is 5. The van der Waals surface area contributed by atoms with E-state index in [4.69, 9.17) is 5.11 Å². The van der Waals surface area contributed by atoms with E-state index < -0.39 is 28.7 Å². The summed E-state index contributed by atoms with van der Waals surface area (Å²) in [4.78, 5) is 45.4. The summed E-state index contributed by atoms with van der Waals surface area (Å²) in [6.07, 6.45) is -0.377. The Kier molecular flexibility index (Phi) is 7.21. The van der Waals surface area contributed by atoms with Gasteiger partial charge in [0.05, 0.1) is 11.3 Å². The second kappa shape index (κ2) is 9.81. The van der Waals surface area contributed by atoms with E-state index in [9.17, 15) is 24.5 Å². The molecule has 0 aliphatic carbocycles. The molecule has 2 rings (SSSR count). The van der Waals surface area contributed by atoms with Crippen molar-refractivity contribution in [1.29, 1.82) is 0 Å². The number of anilines is 1. The molecule has 1 atom stereocenters. The first kappa shape index (κ1) is 20.6. The van der Waals surface area contributed by atoms with Gasteiger partial charge < -0.3 is 15.7 Å². The molecule has 0 saturated carbocycles. The average Bonchev–Trinajstić information content (AvgIpc) is 2.67. The molecular formula is C19H19N3O6. The third-order valence-electron chi connectivity index (χ3n) is 3.85. The molecule has 0 aliphatic heterocycles. The molecule has 0 radical (unpaired) electrons. The Morgan fingerprint density at radius 2 is 1.64 bits per heavy atom. The zero-order chi connectivity index (χ0) is 20.5. The number of carboxylic acids is 1. The SMILES string of the molecule is O=C(O)CCC(=O)N[C@@H](Cc1ccccc1)C(=O)Nc1ccc([N+](=O)[O-])cc1. The number of nitro benzene ring substituents is 1. The van der Waals surface area contributed by atoms with E-state index in [-0.39, 0.29) is 24.9 Å². The van der Waals surface area contributed by atoms with Gasteiger partial charge in [-0.2, -0.15) is 0 Å². The first-order chi connectivity index (χ1) is 13.3. The van der Waals surface area contributed by atoms with Crippen molar-refractivity contribution in [1.82, 2.24) is 5.32 Å². The summed E-state index contributed by atoms with van der Waals surface area (Å²) < 4.78 is 0. The topological polar surface area (TPSA) is 139 Å². The summed E-state index contributed by atoms with van der Waals surface area (Å²) in [6, 6.07) is 13.4. The summed E-state index contributed by atoms with van der Waals surface area (Å²) >= 11 is 0. The highest BCUT2D eigenvalue weighted by Gasteiger charge is 2.22. The van der Waals surface area contributed by atoms with E-state index >= 15 is 0 Å². The highest BCUT2D eigenvalue weighted by Crippen LogP contribution is 2.16. The second-order valence-corrected chi connectivity index (χ2v) is 6.00. The Labute approximate surface area is 160 Å². The zero-order valence-electron chi connectivity index (χ0n) is 14.8. The van der Waals surface area contributed by atoms with Crippen LogP contribution in [0.3, 0.4) is 0 Å². The van der Waals surface area contributed by atoms with Gasteiger partial charge in [0.25, 0.3) is 5.69 Å².